The van der Waals surface area contributed by atoms with Gasteiger partial charge in [-0.05, 0) is 12.8 Å². The normalized spacial score (nSPS) is 21.7. The maximum Gasteiger partial charge on any atom is 0.307 e. The first-order valence-corrected chi connectivity index (χ1v) is 6.93. The highest BCUT2D eigenvalue weighted by atomic mass is 32.2. The van der Waals surface area contributed by atoms with Gasteiger partial charge in [0.2, 0.25) is 5.95 Å². The Balaban J connectivity index is 2.07. The van der Waals surface area contributed by atoms with Crippen molar-refractivity contribution in [2.24, 2.45) is 5.92 Å². The number of anilines is 1. The van der Waals surface area contributed by atoms with E-state index in [-0.39, 0.29) is 12.5 Å². The van der Waals surface area contributed by atoms with E-state index in [2.05, 4.69) is 14.7 Å². The second-order valence-electron chi connectivity index (χ2n) is 4.08. The van der Waals surface area contributed by atoms with Crippen molar-refractivity contribution in [2.75, 3.05) is 17.8 Å². The van der Waals surface area contributed by atoms with E-state index in [0.29, 0.717) is 19.4 Å². The SMILES string of the molecule is O=C(O)C1CCCN(S(=O)(=O)Nc2ncc[nH]2)C1. The number of nitrogens with zero attached hydrogens (tertiary/aromatic N) is 2. The zero-order chi connectivity index (χ0) is 13.2. The molecule has 1 unspecified atom stereocenters. The minimum atomic E-state index is -3.75. The third kappa shape index (κ3) is 2.79. The van der Waals surface area contributed by atoms with Crippen LogP contribution < -0.4 is 4.72 Å². The molecule has 0 spiro atoms. The maximum absolute atomic E-state index is 12.0. The summed E-state index contributed by atoms with van der Waals surface area (Å²) in [6, 6.07) is 0. The molecular weight excluding hydrogens is 260 g/mol. The summed E-state index contributed by atoms with van der Waals surface area (Å²) in [5.74, 6) is -1.49. The lowest BCUT2D eigenvalue weighted by atomic mass is 10.0. The summed E-state index contributed by atoms with van der Waals surface area (Å²) in [6.45, 7) is 0.311. The first-order chi connectivity index (χ1) is 8.49. The molecular formula is C9H14N4O4S. The predicted octanol–water partition coefficient (Wildman–Crippen LogP) is -0.137. The molecule has 1 aromatic rings. The molecule has 0 amide bonds. The Morgan fingerprint density at radius 1 is 1.61 bits per heavy atom. The summed E-state index contributed by atoms with van der Waals surface area (Å²) in [5, 5.41) is 8.92. The Morgan fingerprint density at radius 2 is 2.39 bits per heavy atom. The molecule has 9 heteroatoms. The van der Waals surface area contributed by atoms with E-state index in [1.807, 2.05) is 0 Å². The van der Waals surface area contributed by atoms with Gasteiger partial charge >= 0.3 is 16.2 Å². The van der Waals surface area contributed by atoms with Crippen LogP contribution in [0.5, 0.6) is 0 Å². The summed E-state index contributed by atoms with van der Waals surface area (Å²) in [7, 11) is -3.75. The van der Waals surface area contributed by atoms with Crippen LogP contribution in [-0.2, 0) is 15.0 Å². The average Bonchev–Trinajstić information content (AvgIpc) is 2.81. The number of imidazole rings is 1. The number of nitrogens with one attached hydrogen (secondary N) is 2. The molecule has 18 heavy (non-hydrogen) atoms. The van der Waals surface area contributed by atoms with Crippen LogP contribution in [0.3, 0.4) is 0 Å². The number of H-pyrrole nitrogens is 1. The molecule has 0 radical (unpaired) electrons. The molecule has 0 aliphatic carbocycles. The van der Waals surface area contributed by atoms with Crippen molar-refractivity contribution in [1.82, 2.24) is 14.3 Å². The van der Waals surface area contributed by atoms with Crippen molar-refractivity contribution in [3.63, 3.8) is 0 Å². The van der Waals surface area contributed by atoms with Crippen molar-refractivity contribution in [1.29, 1.82) is 0 Å². The minimum absolute atomic E-state index is 0.00856. The molecule has 1 aliphatic heterocycles. The fourth-order valence-electron chi connectivity index (χ4n) is 1.87. The lowest BCUT2D eigenvalue weighted by molar-refractivity contribution is -0.142. The monoisotopic (exact) mass is 274 g/mol. The van der Waals surface area contributed by atoms with Crippen molar-refractivity contribution in [2.45, 2.75) is 12.8 Å². The third-order valence-electron chi connectivity index (χ3n) is 2.80. The van der Waals surface area contributed by atoms with E-state index in [1.54, 1.807) is 0 Å². The van der Waals surface area contributed by atoms with Crippen LogP contribution in [0.1, 0.15) is 12.8 Å². The van der Waals surface area contributed by atoms with Crippen LogP contribution in [0, 0.1) is 5.92 Å². The zero-order valence-corrected chi connectivity index (χ0v) is 10.4. The van der Waals surface area contributed by atoms with Crippen LogP contribution in [0.2, 0.25) is 0 Å². The van der Waals surface area contributed by atoms with Gasteiger partial charge in [0, 0.05) is 25.5 Å². The Bertz CT molecular complexity index is 513. The molecule has 2 rings (SSSR count). The number of aromatic nitrogens is 2. The Kier molecular flexibility index (Phi) is 3.53. The van der Waals surface area contributed by atoms with Crippen LogP contribution >= 0.6 is 0 Å². The largest absolute Gasteiger partial charge is 0.481 e. The first-order valence-electron chi connectivity index (χ1n) is 5.49. The van der Waals surface area contributed by atoms with Crippen LogP contribution in [0.15, 0.2) is 12.4 Å². The number of hydrogen-bond acceptors (Lipinski definition) is 4. The summed E-state index contributed by atoms with van der Waals surface area (Å²) in [4.78, 5) is 17.3. The maximum atomic E-state index is 12.0. The molecule has 0 bridgehead atoms. The van der Waals surface area contributed by atoms with E-state index in [1.165, 1.54) is 12.4 Å². The molecule has 0 aromatic carbocycles. The van der Waals surface area contributed by atoms with E-state index >= 15 is 0 Å². The van der Waals surface area contributed by atoms with Gasteiger partial charge in [-0.25, -0.2) is 9.71 Å². The van der Waals surface area contributed by atoms with E-state index in [9.17, 15) is 13.2 Å². The lowest BCUT2D eigenvalue weighted by Gasteiger charge is -2.29. The summed E-state index contributed by atoms with van der Waals surface area (Å²) in [5.41, 5.74) is 0. The van der Waals surface area contributed by atoms with E-state index < -0.39 is 22.1 Å². The molecule has 0 saturated carbocycles. The van der Waals surface area contributed by atoms with Crippen LogP contribution in [0.25, 0.3) is 0 Å². The zero-order valence-electron chi connectivity index (χ0n) is 9.54. The number of carboxylic acid groups (broad SMARTS) is 1. The van der Waals surface area contributed by atoms with Gasteiger partial charge in [0.05, 0.1) is 5.92 Å². The predicted molar refractivity (Wildman–Crippen MR) is 63.1 cm³/mol. The smallest absolute Gasteiger partial charge is 0.307 e. The number of aromatic amines is 1. The summed E-state index contributed by atoms with van der Waals surface area (Å²) in [6.07, 6.45) is 3.96. The molecule has 1 aliphatic rings. The summed E-state index contributed by atoms with van der Waals surface area (Å²) >= 11 is 0. The topological polar surface area (TPSA) is 115 Å². The number of carbonyl (C=O) groups is 1. The summed E-state index contributed by atoms with van der Waals surface area (Å²) < 4.78 is 27.4. The average molecular weight is 274 g/mol. The van der Waals surface area contributed by atoms with Gasteiger partial charge in [-0.2, -0.15) is 12.7 Å². The van der Waals surface area contributed by atoms with Gasteiger partial charge in [0.15, 0.2) is 0 Å². The quantitative estimate of drug-likeness (QED) is 0.707. The van der Waals surface area contributed by atoms with Crippen LogP contribution in [0.4, 0.5) is 5.95 Å². The van der Waals surface area contributed by atoms with Crippen molar-refractivity contribution < 1.29 is 18.3 Å². The second kappa shape index (κ2) is 4.94. The Hall–Kier alpha value is -1.61. The fourth-order valence-corrected chi connectivity index (χ4v) is 3.10. The van der Waals surface area contributed by atoms with Gasteiger partial charge in [-0.1, -0.05) is 0 Å². The van der Waals surface area contributed by atoms with Gasteiger partial charge < -0.3 is 10.1 Å². The Labute approximate surface area is 104 Å². The molecule has 3 N–H and O–H groups in total. The van der Waals surface area contributed by atoms with E-state index in [4.69, 9.17) is 5.11 Å². The van der Waals surface area contributed by atoms with Gasteiger partial charge in [-0.15, -0.1) is 0 Å². The fraction of sp³-hybridized carbons (Fsp3) is 0.556. The number of rotatable bonds is 4. The minimum Gasteiger partial charge on any atom is -0.481 e. The molecule has 1 aromatic heterocycles. The first kappa shape index (κ1) is 12.8. The van der Waals surface area contributed by atoms with Crippen molar-refractivity contribution in [3.8, 4) is 0 Å². The van der Waals surface area contributed by atoms with Crippen molar-refractivity contribution >= 4 is 22.1 Å². The molecule has 100 valence electrons. The lowest BCUT2D eigenvalue weighted by Crippen LogP contribution is -2.44. The number of aliphatic carboxylic acids is 1. The molecule has 8 nitrogen and oxygen atoms in total. The molecule has 1 fully saturated rings. The highest BCUT2D eigenvalue weighted by Crippen LogP contribution is 2.19. The van der Waals surface area contributed by atoms with Gasteiger partial charge in [0.25, 0.3) is 0 Å². The number of piperidine rings is 1. The van der Waals surface area contributed by atoms with Crippen molar-refractivity contribution in [3.05, 3.63) is 12.4 Å². The van der Waals surface area contributed by atoms with E-state index in [0.717, 1.165) is 4.31 Å². The second-order valence-corrected chi connectivity index (χ2v) is 5.75. The highest BCUT2D eigenvalue weighted by molar-refractivity contribution is 7.90. The van der Waals surface area contributed by atoms with Gasteiger partial charge in [-0.3, -0.25) is 4.79 Å². The highest BCUT2D eigenvalue weighted by Gasteiger charge is 2.32. The molecule has 1 saturated heterocycles. The third-order valence-corrected chi connectivity index (χ3v) is 4.26. The molecule has 2 heterocycles. The standard InChI is InChI=1S/C9H14N4O4S/c14-8(15)7-2-1-5-13(6-7)18(16,17)12-9-10-3-4-11-9/h3-4,7H,1-2,5-6H2,(H,14,15)(H2,10,11,12). The number of carboxylic acids is 1. The molecule has 1 atom stereocenters. The van der Waals surface area contributed by atoms with Crippen LogP contribution in [-0.4, -0.2) is 46.9 Å². The number of hydrogen-bond donors (Lipinski definition) is 3. The van der Waals surface area contributed by atoms with Gasteiger partial charge in [0.1, 0.15) is 0 Å². The Morgan fingerprint density at radius 3 is 3.00 bits per heavy atom.